The van der Waals surface area contributed by atoms with Crippen LogP contribution in [-0.4, -0.2) is 4.98 Å². The molecule has 0 saturated heterocycles. The number of aryl methyl sites for hydroxylation is 2. The van der Waals surface area contributed by atoms with Crippen molar-refractivity contribution < 1.29 is 0 Å². The molecule has 2 nitrogen and oxygen atoms in total. The lowest BCUT2D eigenvalue weighted by atomic mass is 10.0. The van der Waals surface area contributed by atoms with E-state index in [9.17, 15) is 4.79 Å². The number of hydrogen-bond donors (Lipinski definition) is 1. The van der Waals surface area contributed by atoms with Gasteiger partial charge >= 0.3 is 0 Å². The summed E-state index contributed by atoms with van der Waals surface area (Å²) in [7, 11) is 0. The molecule has 0 spiro atoms. The van der Waals surface area contributed by atoms with Crippen molar-refractivity contribution in [3.8, 4) is 0 Å². The van der Waals surface area contributed by atoms with Crippen molar-refractivity contribution in [2.45, 2.75) is 117 Å². The van der Waals surface area contributed by atoms with Gasteiger partial charge in [-0.3, -0.25) is 4.79 Å². The largest absolute Gasteiger partial charge is 0.362 e. The van der Waals surface area contributed by atoms with Crippen LogP contribution in [0, 0.1) is 13.8 Å². The molecule has 1 aromatic rings. The number of aromatic amines is 1. The molecule has 0 bridgehead atoms. The summed E-state index contributed by atoms with van der Waals surface area (Å²) in [5.74, 6) is 0. The van der Waals surface area contributed by atoms with Gasteiger partial charge in [0.2, 0.25) is 0 Å². The maximum atomic E-state index is 12.0. The molecule has 0 radical (unpaired) electrons. The third-order valence-electron chi connectivity index (χ3n) is 5.26. The number of pyridine rings is 1. The molecule has 25 heavy (non-hydrogen) atoms. The van der Waals surface area contributed by atoms with Crippen LogP contribution in [-0.2, 0) is 6.42 Å². The van der Waals surface area contributed by atoms with Crippen LogP contribution in [0.25, 0.3) is 0 Å². The second kappa shape index (κ2) is 14.2. The zero-order chi connectivity index (χ0) is 18.3. The third-order valence-corrected chi connectivity index (χ3v) is 5.26. The zero-order valence-electron chi connectivity index (χ0n) is 17.1. The maximum Gasteiger partial charge on any atom is 0.185 e. The first-order chi connectivity index (χ1) is 12.1. The van der Waals surface area contributed by atoms with Gasteiger partial charge in [0, 0.05) is 23.0 Å². The lowest BCUT2D eigenvalue weighted by Gasteiger charge is -2.06. The molecule has 0 unspecified atom stereocenters. The van der Waals surface area contributed by atoms with Crippen molar-refractivity contribution in [3.05, 3.63) is 33.2 Å². The summed E-state index contributed by atoms with van der Waals surface area (Å²) < 4.78 is 0. The number of nitrogens with one attached hydrogen (secondary N) is 1. The second-order valence-corrected chi connectivity index (χ2v) is 7.77. The number of unbranched alkanes of at least 4 members (excludes halogenated alkanes) is 13. The van der Waals surface area contributed by atoms with Crippen LogP contribution >= 0.6 is 0 Å². The van der Waals surface area contributed by atoms with Crippen LogP contribution in [0.5, 0.6) is 0 Å². The molecule has 0 aliphatic heterocycles. The van der Waals surface area contributed by atoms with Crippen molar-refractivity contribution in [1.29, 1.82) is 0 Å². The van der Waals surface area contributed by atoms with Crippen LogP contribution in [0.15, 0.2) is 10.9 Å². The van der Waals surface area contributed by atoms with Gasteiger partial charge in [0.25, 0.3) is 0 Å². The predicted octanol–water partition coefficient (Wildman–Crippen LogP) is 7.02. The van der Waals surface area contributed by atoms with Gasteiger partial charge in [-0.05, 0) is 26.7 Å². The highest BCUT2D eigenvalue weighted by Gasteiger charge is 2.04. The normalized spacial score (nSPS) is 11.2. The Kier molecular flexibility index (Phi) is 12.5. The second-order valence-electron chi connectivity index (χ2n) is 7.77. The zero-order valence-corrected chi connectivity index (χ0v) is 17.1. The first-order valence-corrected chi connectivity index (χ1v) is 10.8. The van der Waals surface area contributed by atoms with Gasteiger partial charge < -0.3 is 4.98 Å². The minimum absolute atomic E-state index is 0.212. The van der Waals surface area contributed by atoms with E-state index in [0.29, 0.717) is 0 Å². The molecule has 1 rings (SSSR count). The highest BCUT2D eigenvalue weighted by molar-refractivity contribution is 5.21. The highest BCUT2D eigenvalue weighted by atomic mass is 16.1. The molecule has 2 heteroatoms. The molecular weight excluding hydrogens is 306 g/mol. The Morgan fingerprint density at radius 1 is 0.720 bits per heavy atom. The van der Waals surface area contributed by atoms with E-state index in [1.165, 1.54) is 83.5 Å². The average Bonchev–Trinajstić information content (AvgIpc) is 2.57. The van der Waals surface area contributed by atoms with Crippen LogP contribution in [0.1, 0.15) is 114 Å². The average molecular weight is 348 g/mol. The van der Waals surface area contributed by atoms with Crippen LogP contribution in [0.2, 0.25) is 0 Å². The van der Waals surface area contributed by atoms with E-state index in [4.69, 9.17) is 0 Å². The molecule has 1 heterocycles. The van der Waals surface area contributed by atoms with E-state index in [0.717, 1.165) is 29.8 Å². The van der Waals surface area contributed by atoms with E-state index in [1.54, 1.807) is 6.07 Å². The minimum Gasteiger partial charge on any atom is -0.362 e. The topological polar surface area (TPSA) is 32.9 Å². The number of hydrogen-bond acceptors (Lipinski definition) is 1. The van der Waals surface area contributed by atoms with E-state index in [1.807, 2.05) is 13.8 Å². The molecule has 1 aromatic heterocycles. The van der Waals surface area contributed by atoms with E-state index in [2.05, 4.69) is 11.9 Å². The van der Waals surface area contributed by atoms with Crippen LogP contribution in [0.3, 0.4) is 0 Å². The summed E-state index contributed by atoms with van der Waals surface area (Å²) in [6.07, 6.45) is 20.2. The van der Waals surface area contributed by atoms with Gasteiger partial charge in [0.1, 0.15) is 0 Å². The highest BCUT2D eigenvalue weighted by Crippen LogP contribution is 2.14. The Bertz CT molecular complexity index is 503. The molecule has 144 valence electrons. The number of aromatic nitrogens is 1. The van der Waals surface area contributed by atoms with Crippen molar-refractivity contribution in [2.24, 2.45) is 0 Å². The van der Waals surface area contributed by atoms with Gasteiger partial charge in [0.15, 0.2) is 5.43 Å². The maximum absolute atomic E-state index is 12.0. The smallest absolute Gasteiger partial charge is 0.185 e. The molecular formula is C23H41NO. The fraction of sp³-hybridized carbons (Fsp3) is 0.783. The Labute approximate surface area is 155 Å². The molecule has 0 aliphatic rings. The number of H-pyrrole nitrogens is 1. The fourth-order valence-corrected chi connectivity index (χ4v) is 3.68. The Morgan fingerprint density at radius 3 is 1.60 bits per heavy atom. The van der Waals surface area contributed by atoms with Gasteiger partial charge in [-0.2, -0.15) is 0 Å². The summed E-state index contributed by atoms with van der Waals surface area (Å²) in [5, 5.41) is 0. The van der Waals surface area contributed by atoms with Gasteiger partial charge in [-0.1, -0.05) is 90.4 Å². The van der Waals surface area contributed by atoms with Crippen molar-refractivity contribution in [2.75, 3.05) is 0 Å². The first-order valence-electron chi connectivity index (χ1n) is 10.8. The first kappa shape index (κ1) is 22.0. The van der Waals surface area contributed by atoms with Gasteiger partial charge in [-0.25, -0.2) is 0 Å². The predicted molar refractivity (Wildman–Crippen MR) is 111 cm³/mol. The Hall–Kier alpha value is -1.05. The third kappa shape index (κ3) is 10.5. The van der Waals surface area contributed by atoms with E-state index >= 15 is 0 Å². The molecule has 1 N–H and O–H groups in total. The van der Waals surface area contributed by atoms with Gasteiger partial charge in [-0.15, -0.1) is 0 Å². The fourth-order valence-electron chi connectivity index (χ4n) is 3.68. The molecule has 0 saturated carbocycles. The van der Waals surface area contributed by atoms with Crippen molar-refractivity contribution in [1.82, 2.24) is 4.98 Å². The summed E-state index contributed by atoms with van der Waals surface area (Å²) >= 11 is 0. The van der Waals surface area contributed by atoms with Crippen molar-refractivity contribution in [3.63, 3.8) is 0 Å². The SMILES string of the molecule is CCCCCCCCCCCCCCCCc1c(C)[nH]c(C)cc1=O. The van der Waals surface area contributed by atoms with Gasteiger partial charge in [0.05, 0.1) is 0 Å². The summed E-state index contributed by atoms with van der Waals surface area (Å²) in [6, 6.07) is 1.73. The van der Waals surface area contributed by atoms with E-state index in [-0.39, 0.29) is 5.43 Å². The molecule has 0 amide bonds. The van der Waals surface area contributed by atoms with Crippen LogP contribution < -0.4 is 5.43 Å². The summed E-state index contributed by atoms with van der Waals surface area (Å²) in [5.41, 5.74) is 3.22. The molecule has 0 aliphatic carbocycles. The lowest BCUT2D eigenvalue weighted by molar-refractivity contribution is 0.535. The lowest BCUT2D eigenvalue weighted by Crippen LogP contribution is -2.12. The number of rotatable bonds is 15. The Morgan fingerprint density at radius 2 is 1.16 bits per heavy atom. The summed E-state index contributed by atoms with van der Waals surface area (Å²) in [4.78, 5) is 15.3. The van der Waals surface area contributed by atoms with Crippen molar-refractivity contribution >= 4 is 0 Å². The standard InChI is InChI=1S/C23H41NO/c1-4-5-6-7-8-9-10-11-12-13-14-15-16-17-18-22-21(3)24-20(2)19-23(22)25/h19H,4-18H2,1-3H3,(H,24,25). The monoisotopic (exact) mass is 347 g/mol. The molecule has 0 aromatic carbocycles. The van der Waals surface area contributed by atoms with Crippen LogP contribution in [0.4, 0.5) is 0 Å². The molecule has 0 fully saturated rings. The Balaban J connectivity index is 1.92. The quantitative estimate of drug-likeness (QED) is 0.340. The summed E-state index contributed by atoms with van der Waals surface area (Å²) in [6.45, 7) is 6.25. The minimum atomic E-state index is 0.212. The van der Waals surface area contributed by atoms with E-state index < -0.39 is 0 Å². The molecule has 0 atom stereocenters.